The van der Waals surface area contributed by atoms with E-state index in [-0.39, 0.29) is 44.1 Å². The van der Waals surface area contributed by atoms with Crippen LogP contribution in [0.1, 0.15) is 38.2 Å². The van der Waals surface area contributed by atoms with Crippen LogP contribution in [0, 0.1) is 22.0 Å². The van der Waals surface area contributed by atoms with Crippen LogP contribution in [0.3, 0.4) is 0 Å². The smallest absolute Gasteiger partial charge is 0.408 e. The van der Waals surface area contributed by atoms with Crippen LogP contribution in [0.2, 0.25) is 0 Å². The van der Waals surface area contributed by atoms with Gasteiger partial charge in [-0.05, 0) is 56.2 Å². The second-order valence-corrected chi connectivity index (χ2v) is 9.36. The summed E-state index contributed by atoms with van der Waals surface area (Å²) in [4.78, 5) is 37.4. The van der Waals surface area contributed by atoms with E-state index in [1.807, 2.05) is 0 Å². The Bertz CT molecular complexity index is 915. The van der Waals surface area contributed by atoms with E-state index in [1.54, 1.807) is 6.92 Å². The summed E-state index contributed by atoms with van der Waals surface area (Å²) in [6, 6.07) is 4.28. The van der Waals surface area contributed by atoms with Crippen molar-refractivity contribution < 1.29 is 41.9 Å². The average molecular weight is 532 g/mol. The van der Waals surface area contributed by atoms with Gasteiger partial charge in [0.2, 0.25) is 5.91 Å². The number of alkyl halides is 3. The van der Waals surface area contributed by atoms with Crippen molar-refractivity contribution in [1.29, 1.82) is 0 Å². The predicted octanol–water partition coefficient (Wildman–Crippen LogP) is 3.82. The Labute approximate surface area is 212 Å². The highest BCUT2D eigenvalue weighted by Gasteiger charge is 2.43. The van der Waals surface area contributed by atoms with Crippen molar-refractivity contribution in [3.63, 3.8) is 0 Å². The summed E-state index contributed by atoms with van der Waals surface area (Å²) in [7, 11) is 0. The molecule has 2 saturated heterocycles. The number of piperidine rings is 1. The summed E-state index contributed by atoms with van der Waals surface area (Å²) in [6.07, 6.45) is -4.78. The third kappa shape index (κ3) is 8.56. The van der Waals surface area contributed by atoms with Crippen molar-refractivity contribution in [3.8, 4) is 0 Å². The predicted molar refractivity (Wildman–Crippen MR) is 125 cm³/mol. The Balaban J connectivity index is 1.60. The number of carbonyl (C=O) groups is 2. The number of nitrogens with one attached hydrogen (secondary N) is 1. The highest BCUT2D eigenvalue weighted by Crippen LogP contribution is 2.34. The van der Waals surface area contributed by atoms with E-state index < -0.39 is 41.2 Å². The number of nitrogens with zero attached hydrogens (tertiary/aromatic N) is 2. The molecule has 2 heterocycles. The number of ether oxygens (including phenoxy) is 3. The van der Waals surface area contributed by atoms with Crippen LogP contribution in [0.5, 0.6) is 0 Å². The van der Waals surface area contributed by atoms with Crippen molar-refractivity contribution in [2.24, 2.45) is 11.8 Å². The van der Waals surface area contributed by atoms with Gasteiger partial charge in [0.1, 0.15) is 12.6 Å². The van der Waals surface area contributed by atoms with Crippen molar-refractivity contribution in [2.45, 2.75) is 57.5 Å². The Morgan fingerprint density at radius 1 is 1.16 bits per heavy atom. The van der Waals surface area contributed by atoms with E-state index in [9.17, 15) is 32.9 Å². The number of halogens is 3. The van der Waals surface area contributed by atoms with E-state index in [0.717, 1.165) is 12.8 Å². The van der Waals surface area contributed by atoms with Crippen LogP contribution in [-0.4, -0.2) is 73.1 Å². The molecule has 2 aliphatic heterocycles. The minimum atomic E-state index is -4.31. The normalized spacial score (nSPS) is 19.2. The molecule has 13 heteroatoms. The first-order chi connectivity index (χ1) is 17.5. The molecule has 2 atom stereocenters. The van der Waals surface area contributed by atoms with Gasteiger partial charge in [-0.25, -0.2) is 4.79 Å². The molecule has 0 spiro atoms. The summed E-state index contributed by atoms with van der Waals surface area (Å²) in [5.74, 6) is -1.76. The van der Waals surface area contributed by atoms with Gasteiger partial charge in [-0.1, -0.05) is 0 Å². The molecule has 206 valence electrons. The minimum Gasteiger partial charge on any atom is -0.445 e. The second kappa shape index (κ2) is 13.0. The van der Waals surface area contributed by atoms with Crippen molar-refractivity contribution in [2.75, 3.05) is 32.9 Å². The Hall–Kier alpha value is -2.93. The van der Waals surface area contributed by atoms with Gasteiger partial charge in [0.05, 0.1) is 23.6 Å². The standard InChI is InChI=1S/C24H32F3N3O7/c1-16(36-14-18-8-12-35-13-9-18)21(22(31)29-10-6-19(7-11-29)24(25,26)27)28-23(32)37-15-17-2-4-20(5-3-17)30(33)34/h2-5,16,18-19,21H,6-15H2,1H3,(H,28,32)/t16-,21+/m1/s1. The Kier molecular flexibility index (Phi) is 10.1. The van der Waals surface area contributed by atoms with Crippen LogP contribution in [-0.2, 0) is 25.6 Å². The summed E-state index contributed by atoms with van der Waals surface area (Å²) in [5.41, 5.74) is 0.394. The summed E-state index contributed by atoms with van der Waals surface area (Å²) >= 11 is 0. The number of non-ortho nitro benzene ring substituents is 1. The van der Waals surface area contributed by atoms with Crippen LogP contribution < -0.4 is 5.32 Å². The molecule has 1 N–H and O–H groups in total. The maximum atomic E-state index is 13.3. The molecule has 0 aromatic heterocycles. The average Bonchev–Trinajstić information content (AvgIpc) is 2.89. The number of nitro benzene ring substituents is 1. The molecule has 3 rings (SSSR count). The molecule has 2 aliphatic rings. The second-order valence-electron chi connectivity index (χ2n) is 9.36. The minimum absolute atomic E-state index is 0.0777. The van der Waals surface area contributed by atoms with E-state index >= 15 is 0 Å². The van der Waals surface area contributed by atoms with Gasteiger partial charge in [0.25, 0.3) is 5.69 Å². The third-order valence-corrected chi connectivity index (χ3v) is 6.73. The van der Waals surface area contributed by atoms with Gasteiger partial charge in [-0.3, -0.25) is 14.9 Å². The maximum absolute atomic E-state index is 13.3. The number of amides is 2. The van der Waals surface area contributed by atoms with Gasteiger partial charge >= 0.3 is 12.3 Å². The molecular weight excluding hydrogens is 499 g/mol. The first-order valence-electron chi connectivity index (χ1n) is 12.3. The summed E-state index contributed by atoms with van der Waals surface area (Å²) < 4.78 is 55.6. The lowest BCUT2D eigenvalue weighted by Crippen LogP contribution is -2.56. The van der Waals surface area contributed by atoms with Crippen LogP contribution >= 0.6 is 0 Å². The van der Waals surface area contributed by atoms with E-state index in [0.29, 0.717) is 25.4 Å². The number of rotatable bonds is 9. The monoisotopic (exact) mass is 531 g/mol. The molecule has 1 aromatic carbocycles. The van der Waals surface area contributed by atoms with Crippen molar-refractivity contribution in [1.82, 2.24) is 10.2 Å². The molecule has 1 aromatic rings. The largest absolute Gasteiger partial charge is 0.445 e. The van der Waals surface area contributed by atoms with Crippen molar-refractivity contribution in [3.05, 3.63) is 39.9 Å². The lowest BCUT2D eigenvalue weighted by atomic mass is 9.95. The quantitative estimate of drug-likeness (QED) is 0.380. The van der Waals surface area contributed by atoms with Gasteiger partial charge in [-0.15, -0.1) is 0 Å². The molecule has 2 fully saturated rings. The lowest BCUT2D eigenvalue weighted by Gasteiger charge is -2.36. The molecule has 10 nitrogen and oxygen atoms in total. The first-order valence-corrected chi connectivity index (χ1v) is 12.3. The molecule has 2 amide bonds. The van der Waals surface area contributed by atoms with Crippen LogP contribution in [0.25, 0.3) is 0 Å². The number of hydrogen-bond donors (Lipinski definition) is 1. The summed E-state index contributed by atoms with van der Waals surface area (Å²) in [6.45, 7) is 2.86. The third-order valence-electron chi connectivity index (χ3n) is 6.73. The zero-order valence-electron chi connectivity index (χ0n) is 20.6. The maximum Gasteiger partial charge on any atom is 0.408 e. The highest BCUT2D eigenvalue weighted by atomic mass is 19.4. The van der Waals surface area contributed by atoms with Gasteiger partial charge in [0, 0.05) is 38.4 Å². The van der Waals surface area contributed by atoms with E-state index in [1.165, 1.54) is 29.2 Å². The fourth-order valence-corrected chi connectivity index (χ4v) is 4.33. The molecular formula is C24H32F3N3O7. The molecule has 0 aliphatic carbocycles. The number of alkyl carbamates (subject to hydrolysis) is 1. The molecule has 0 radical (unpaired) electrons. The molecule has 37 heavy (non-hydrogen) atoms. The molecule has 0 saturated carbocycles. The molecule has 0 unspecified atom stereocenters. The van der Waals surface area contributed by atoms with E-state index in [2.05, 4.69) is 5.32 Å². The lowest BCUT2D eigenvalue weighted by molar-refractivity contribution is -0.384. The van der Waals surface area contributed by atoms with E-state index in [4.69, 9.17) is 14.2 Å². The zero-order valence-corrected chi connectivity index (χ0v) is 20.6. The molecule has 0 bridgehead atoms. The van der Waals surface area contributed by atoms with Crippen molar-refractivity contribution >= 4 is 17.7 Å². The zero-order chi connectivity index (χ0) is 27.0. The fourth-order valence-electron chi connectivity index (χ4n) is 4.33. The summed E-state index contributed by atoms with van der Waals surface area (Å²) in [5, 5.41) is 13.3. The van der Waals surface area contributed by atoms with Crippen LogP contribution in [0.15, 0.2) is 24.3 Å². The topological polar surface area (TPSA) is 120 Å². The fraction of sp³-hybridized carbons (Fsp3) is 0.667. The van der Waals surface area contributed by atoms with Gasteiger partial charge < -0.3 is 24.4 Å². The number of likely N-dealkylation sites (tertiary alicyclic amines) is 1. The SMILES string of the molecule is C[C@@H](OCC1CCOCC1)[C@H](NC(=O)OCc1ccc([N+](=O)[O-])cc1)C(=O)N1CCC(C(F)(F)F)CC1. The number of carbonyl (C=O) groups excluding carboxylic acids is 2. The number of hydrogen-bond acceptors (Lipinski definition) is 7. The Morgan fingerprint density at radius 2 is 1.78 bits per heavy atom. The van der Waals surface area contributed by atoms with Gasteiger partial charge in [-0.2, -0.15) is 13.2 Å². The number of benzene rings is 1. The Morgan fingerprint density at radius 3 is 2.35 bits per heavy atom. The van der Waals surface area contributed by atoms with Crippen LogP contribution in [0.4, 0.5) is 23.7 Å². The first kappa shape index (κ1) is 28.6. The number of nitro groups is 1. The highest BCUT2D eigenvalue weighted by molar-refractivity contribution is 5.86. The van der Waals surface area contributed by atoms with Gasteiger partial charge in [0.15, 0.2) is 0 Å².